The van der Waals surface area contributed by atoms with Gasteiger partial charge < -0.3 is 19.4 Å². The smallest absolute Gasteiger partial charge is 0.550 e. The summed E-state index contributed by atoms with van der Waals surface area (Å²) >= 11 is 0. The third-order valence-corrected chi connectivity index (χ3v) is 7.15. The van der Waals surface area contributed by atoms with E-state index in [2.05, 4.69) is 23.2 Å². The Labute approximate surface area is 228 Å². The maximum Gasteiger partial charge on any atom is 1.00 e. The number of fused-ring (bicyclic) bond motifs is 1. The van der Waals surface area contributed by atoms with Gasteiger partial charge in [-0.1, -0.05) is 25.1 Å². The summed E-state index contributed by atoms with van der Waals surface area (Å²) in [5.41, 5.74) is 6.06. The summed E-state index contributed by atoms with van der Waals surface area (Å²) in [5, 5.41) is 11.6. The number of benzene rings is 1. The SMILES string of the molecule is COc1cc(-c2ccc(C3CCc4ccc([C@H](C5CC5)[C@H](C)C(=O)[O-])cc4O3)nc2C)ccn1.[Na+]. The first kappa shape index (κ1) is 25.7. The summed E-state index contributed by atoms with van der Waals surface area (Å²) in [5.74, 6) is 0.285. The van der Waals surface area contributed by atoms with Crippen LogP contribution in [0.5, 0.6) is 11.6 Å². The van der Waals surface area contributed by atoms with Gasteiger partial charge in [-0.25, -0.2) is 4.98 Å². The number of methoxy groups -OCH3 is 1. The number of carboxylic acid groups (broad SMARTS) is 1. The molecular weight excluding hydrogens is 451 g/mol. The molecule has 0 N–H and O–H groups in total. The Balaban J connectivity index is 0.00000289. The molecule has 1 unspecified atom stereocenters. The number of aryl methyl sites for hydroxylation is 2. The van der Waals surface area contributed by atoms with Crippen molar-refractivity contribution < 1.29 is 48.9 Å². The molecule has 1 aromatic carbocycles. The molecule has 3 aromatic rings. The largest absolute Gasteiger partial charge is 1.00 e. The topological polar surface area (TPSA) is 84.4 Å². The van der Waals surface area contributed by atoms with Crippen LogP contribution in [-0.2, 0) is 11.2 Å². The molecule has 1 aliphatic heterocycles. The van der Waals surface area contributed by atoms with Gasteiger partial charge in [-0.15, -0.1) is 0 Å². The molecule has 0 saturated heterocycles. The van der Waals surface area contributed by atoms with Gasteiger partial charge in [0.05, 0.1) is 12.8 Å². The summed E-state index contributed by atoms with van der Waals surface area (Å²) in [4.78, 5) is 20.7. The number of hydrogen-bond acceptors (Lipinski definition) is 6. The molecule has 0 radical (unpaired) electrons. The molecule has 1 aliphatic carbocycles. The number of carbonyl (C=O) groups excluding carboxylic acids is 1. The molecule has 3 heterocycles. The van der Waals surface area contributed by atoms with Gasteiger partial charge in [0.25, 0.3) is 0 Å². The van der Waals surface area contributed by atoms with Gasteiger partial charge >= 0.3 is 29.6 Å². The fraction of sp³-hybridized carbons (Fsp3) is 0.393. The monoisotopic (exact) mass is 480 g/mol. The number of carboxylic acids is 1. The van der Waals surface area contributed by atoms with Gasteiger partial charge in [0.15, 0.2) is 0 Å². The number of aliphatic carboxylic acids is 1. The van der Waals surface area contributed by atoms with E-state index in [4.69, 9.17) is 14.5 Å². The van der Waals surface area contributed by atoms with E-state index in [1.165, 1.54) is 0 Å². The molecule has 5 rings (SSSR count). The summed E-state index contributed by atoms with van der Waals surface area (Å²) in [6.45, 7) is 3.76. The molecule has 3 atom stereocenters. The van der Waals surface area contributed by atoms with Crippen molar-refractivity contribution in [1.82, 2.24) is 9.97 Å². The van der Waals surface area contributed by atoms with E-state index in [9.17, 15) is 9.90 Å². The van der Waals surface area contributed by atoms with Crippen LogP contribution < -0.4 is 44.1 Å². The van der Waals surface area contributed by atoms with Crippen LogP contribution in [0.4, 0.5) is 0 Å². The van der Waals surface area contributed by atoms with E-state index in [-0.39, 0.29) is 41.6 Å². The molecular formula is C28H29N2NaO4. The zero-order valence-corrected chi connectivity index (χ0v) is 22.8. The maximum absolute atomic E-state index is 11.6. The van der Waals surface area contributed by atoms with Crippen LogP contribution in [0.3, 0.4) is 0 Å². The molecule has 7 heteroatoms. The predicted octanol–water partition coefficient (Wildman–Crippen LogP) is 1.41. The molecule has 0 bridgehead atoms. The van der Waals surface area contributed by atoms with E-state index >= 15 is 0 Å². The van der Waals surface area contributed by atoms with E-state index in [1.807, 2.05) is 31.2 Å². The van der Waals surface area contributed by atoms with Crippen LogP contribution in [0, 0.1) is 18.8 Å². The van der Waals surface area contributed by atoms with Crippen LogP contribution >= 0.6 is 0 Å². The zero-order valence-electron chi connectivity index (χ0n) is 20.8. The van der Waals surface area contributed by atoms with Gasteiger partial charge in [0.2, 0.25) is 5.88 Å². The first-order valence-corrected chi connectivity index (χ1v) is 11.9. The molecule has 35 heavy (non-hydrogen) atoms. The zero-order chi connectivity index (χ0) is 23.8. The molecule has 6 nitrogen and oxygen atoms in total. The van der Waals surface area contributed by atoms with E-state index in [1.54, 1.807) is 20.2 Å². The second kappa shape index (κ2) is 10.7. The normalized spacial score (nSPS) is 18.4. The van der Waals surface area contributed by atoms with Gasteiger partial charge in [0, 0.05) is 35.4 Å². The minimum Gasteiger partial charge on any atom is -0.550 e. The Bertz CT molecular complexity index is 1230. The fourth-order valence-corrected chi connectivity index (χ4v) is 5.13. The van der Waals surface area contributed by atoms with Crippen LogP contribution in [0.15, 0.2) is 48.7 Å². The van der Waals surface area contributed by atoms with E-state index < -0.39 is 11.9 Å². The van der Waals surface area contributed by atoms with Gasteiger partial charge in [-0.2, -0.15) is 0 Å². The Morgan fingerprint density at radius 2 is 1.94 bits per heavy atom. The number of hydrogen-bond donors (Lipinski definition) is 0. The van der Waals surface area contributed by atoms with Gasteiger partial charge in [-0.05, 0) is 79.3 Å². The van der Waals surface area contributed by atoms with Crippen molar-refractivity contribution in [3.63, 3.8) is 0 Å². The quantitative estimate of drug-likeness (QED) is 0.476. The first-order chi connectivity index (χ1) is 16.4. The minimum atomic E-state index is -0.986. The van der Waals surface area contributed by atoms with Gasteiger partial charge in [-0.3, -0.25) is 4.98 Å². The molecule has 0 spiro atoms. The standard InChI is InChI=1S/C28H30N2O4.Na/c1-16(28(31)32)27(19-5-6-19)21-7-4-18-8-11-24(34-25(18)14-21)23-10-9-22(17(2)30-23)20-12-13-29-26(15-20)33-3;/h4,7,9-10,12-16,19,24,27H,5-6,8,11H2,1-3H3,(H,31,32);/q;+1/p-1/t16-,24?,27-;/m0./s1. The van der Waals surface area contributed by atoms with Crippen molar-refractivity contribution >= 4 is 5.97 Å². The fourth-order valence-electron chi connectivity index (χ4n) is 5.13. The van der Waals surface area contributed by atoms with E-state index in [0.717, 1.165) is 65.1 Å². The number of carbonyl (C=O) groups is 1. The Kier molecular flexibility index (Phi) is 7.84. The number of nitrogens with zero attached hydrogens (tertiary/aromatic N) is 2. The Morgan fingerprint density at radius 1 is 1.14 bits per heavy atom. The average molecular weight is 481 g/mol. The van der Waals surface area contributed by atoms with Crippen LogP contribution in [0.1, 0.15) is 60.7 Å². The summed E-state index contributed by atoms with van der Waals surface area (Å²) in [7, 11) is 1.61. The van der Waals surface area contributed by atoms with Crippen molar-refractivity contribution in [2.45, 2.75) is 51.6 Å². The average Bonchev–Trinajstić information content (AvgIpc) is 3.68. The van der Waals surface area contributed by atoms with Crippen LogP contribution in [-0.4, -0.2) is 23.0 Å². The summed E-state index contributed by atoms with van der Waals surface area (Å²) < 4.78 is 11.7. The van der Waals surface area contributed by atoms with Crippen molar-refractivity contribution in [2.24, 2.45) is 11.8 Å². The number of aromatic nitrogens is 2. The molecule has 1 fully saturated rings. The number of pyridine rings is 2. The van der Waals surface area contributed by atoms with Crippen molar-refractivity contribution in [3.8, 4) is 22.8 Å². The number of ether oxygens (including phenoxy) is 2. The summed E-state index contributed by atoms with van der Waals surface area (Å²) in [6.07, 6.45) is 5.48. The summed E-state index contributed by atoms with van der Waals surface area (Å²) in [6, 6.07) is 14.2. The molecule has 1 saturated carbocycles. The molecule has 2 aromatic heterocycles. The van der Waals surface area contributed by atoms with Crippen LogP contribution in [0.25, 0.3) is 11.1 Å². The second-order valence-electron chi connectivity index (χ2n) is 9.44. The van der Waals surface area contributed by atoms with E-state index in [0.29, 0.717) is 11.8 Å². The van der Waals surface area contributed by atoms with Gasteiger partial charge in [0.1, 0.15) is 11.9 Å². The Morgan fingerprint density at radius 3 is 2.63 bits per heavy atom. The third-order valence-electron chi connectivity index (χ3n) is 7.15. The Hall–Kier alpha value is -2.41. The number of rotatable bonds is 7. The molecule has 176 valence electrons. The predicted molar refractivity (Wildman–Crippen MR) is 127 cm³/mol. The van der Waals surface area contributed by atoms with Crippen molar-refractivity contribution in [2.75, 3.05) is 7.11 Å². The van der Waals surface area contributed by atoms with Crippen molar-refractivity contribution in [3.05, 3.63) is 71.2 Å². The van der Waals surface area contributed by atoms with Crippen LogP contribution in [0.2, 0.25) is 0 Å². The first-order valence-electron chi connectivity index (χ1n) is 11.9. The maximum atomic E-state index is 11.6. The molecule has 0 amide bonds. The second-order valence-corrected chi connectivity index (χ2v) is 9.44. The third kappa shape index (κ3) is 5.40. The molecule has 2 aliphatic rings. The minimum absolute atomic E-state index is 0. The van der Waals surface area contributed by atoms with Crippen molar-refractivity contribution in [1.29, 1.82) is 0 Å².